The van der Waals surface area contributed by atoms with Gasteiger partial charge < -0.3 is 15.3 Å². The van der Waals surface area contributed by atoms with Crippen LogP contribution in [-0.4, -0.2) is 32.3 Å². The third-order valence-electron chi connectivity index (χ3n) is 2.61. The molecule has 21 heavy (non-hydrogen) atoms. The molecule has 2 rings (SSSR count). The molecule has 0 bridgehead atoms. The average Bonchev–Trinajstić information content (AvgIpc) is 2.75. The summed E-state index contributed by atoms with van der Waals surface area (Å²) in [5.41, 5.74) is -0.437. The van der Waals surface area contributed by atoms with Gasteiger partial charge in [-0.3, -0.25) is 9.89 Å². The zero-order valence-corrected chi connectivity index (χ0v) is 10.7. The SMILES string of the molecule is Cc1[nH][nH]c(=O)c1N=Nc1cc(C(=O)O)cc(C(=O)O)c1. The molecule has 1 aromatic carbocycles. The third kappa shape index (κ3) is 3.03. The van der Waals surface area contributed by atoms with Crippen LogP contribution < -0.4 is 5.56 Å². The van der Waals surface area contributed by atoms with Crippen molar-refractivity contribution in [3.05, 3.63) is 45.4 Å². The molecule has 0 aliphatic carbocycles. The van der Waals surface area contributed by atoms with Crippen LogP contribution in [0.25, 0.3) is 0 Å². The molecular weight excluding hydrogens is 280 g/mol. The summed E-state index contributed by atoms with van der Waals surface area (Å²) >= 11 is 0. The Morgan fingerprint density at radius 1 is 1.00 bits per heavy atom. The summed E-state index contributed by atoms with van der Waals surface area (Å²) in [5.74, 6) is -2.57. The van der Waals surface area contributed by atoms with Crippen molar-refractivity contribution >= 4 is 23.3 Å². The molecule has 9 heteroatoms. The van der Waals surface area contributed by atoms with E-state index >= 15 is 0 Å². The summed E-state index contributed by atoms with van der Waals surface area (Å²) in [6, 6.07) is 3.33. The summed E-state index contributed by atoms with van der Waals surface area (Å²) in [7, 11) is 0. The maximum atomic E-state index is 11.4. The molecule has 0 aliphatic rings. The molecule has 0 saturated heterocycles. The monoisotopic (exact) mass is 290 g/mol. The van der Waals surface area contributed by atoms with Gasteiger partial charge in [0.25, 0.3) is 5.56 Å². The van der Waals surface area contributed by atoms with E-state index < -0.39 is 17.5 Å². The molecule has 108 valence electrons. The van der Waals surface area contributed by atoms with Crippen LogP contribution in [0.3, 0.4) is 0 Å². The Balaban J connectivity index is 2.46. The first-order chi connectivity index (χ1) is 9.88. The number of carboxylic acid groups (broad SMARTS) is 2. The number of carbonyl (C=O) groups is 2. The van der Waals surface area contributed by atoms with Crippen LogP contribution in [0.5, 0.6) is 0 Å². The van der Waals surface area contributed by atoms with E-state index in [0.717, 1.165) is 18.2 Å². The van der Waals surface area contributed by atoms with Gasteiger partial charge in [0.15, 0.2) is 5.69 Å². The van der Waals surface area contributed by atoms with Crippen molar-refractivity contribution in [3.8, 4) is 0 Å². The number of nitrogens with one attached hydrogen (secondary N) is 2. The van der Waals surface area contributed by atoms with E-state index in [0.29, 0.717) is 5.69 Å². The Hall–Kier alpha value is -3.23. The normalized spacial score (nSPS) is 10.9. The molecule has 0 atom stereocenters. The van der Waals surface area contributed by atoms with E-state index in [1.807, 2.05) is 0 Å². The van der Waals surface area contributed by atoms with Crippen molar-refractivity contribution in [2.45, 2.75) is 6.92 Å². The summed E-state index contributed by atoms with van der Waals surface area (Å²) < 4.78 is 0. The van der Waals surface area contributed by atoms with Crippen molar-refractivity contribution in [3.63, 3.8) is 0 Å². The minimum Gasteiger partial charge on any atom is -0.478 e. The molecule has 0 aliphatic heterocycles. The van der Waals surface area contributed by atoms with Crippen molar-refractivity contribution in [2.24, 2.45) is 10.2 Å². The molecule has 0 saturated carbocycles. The van der Waals surface area contributed by atoms with E-state index in [2.05, 4.69) is 20.4 Å². The predicted octanol–water partition coefficient (Wildman–Crippen LogP) is 1.82. The van der Waals surface area contributed by atoms with E-state index in [9.17, 15) is 14.4 Å². The number of aryl methyl sites for hydroxylation is 1. The Labute approximate surface area is 117 Å². The first-order valence-electron chi connectivity index (χ1n) is 5.69. The maximum Gasteiger partial charge on any atom is 0.335 e. The number of H-pyrrole nitrogens is 2. The van der Waals surface area contributed by atoms with Crippen molar-refractivity contribution in [1.82, 2.24) is 10.2 Å². The van der Waals surface area contributed by atoms with Crippen molar-refractivity contribution in [2.75, 3.05) is 0 Å². The van der Waals surface area contributed by atoms with E-state index in [-0.39, 0.29) is 22.5 Å². The molecule has 9 nitrogen and oxygen atoms in total. The molecule has 0 radical (unpaired) electrons. The number of carboxylic acids is 2. The quantitative estimate of drug-likeness (QED) is 0.634. The van der Waals surface area contributed by atoms with E-state index in [1.54, 1.807) is 6.92 Å². The fourth-order valence-corrected chi connectivity index (χ4v) is 1.58. The highest BCUT2D eigenvalue weighted by atomic mass is 16.4. The van der Waals surface area contributed by atoms with Crippen molar-refractivity contribution in [1.29, 1.82) is 0 Å². The van der Waals surface area contributed by atoms with Crippen LogP contribution in [0, 0.1) is 6.92 Å². The van der Waals surface area contributed by atoms with Crippen LogP contribution in [0.15, 0.2) is 33.2 Å². The summed E-state index contributed by atoms with van der Waals surface area (Å²) in [6.45, 7) is 1.60. The smallest absolute Gasteiger partial charge is 0.335 e. The number of rotatable bonds is 4. The first-order valence-corrected chi connectivity index (χ1v) is 5.69. The lowest BCUT2D eigenvalue weighted by Crippen LogP contribution is -2.01. The largest absolute Gasteiger partial charge is 0.478 e. The zero-order valence-electron chi connectivity index (χ0n) is 10.7. The van der Waals surface area contributed by atoms with Gasteiger partial charge in [0.2, 0.25) is 0 Å². The zero-order chi connectivity index (χ0) is 15.6. The van der Waals surface area contributed by atoms with Gasteiger partial charge in [0.05, 0.1) is 22.5 Å². The van der Waals surface area contributed by atoms with Gasteiger partial charge in [-0.1, -0.05) is 0 Å². The van der Waals surface area contributed by atoms with Crippen LogP contribution in [0.1, 0.15) is 26.4 Å². The Morgan fingerprint density at radius 3 is 2.00 bits per heavy atom. The van der Waals surface area contributed by atoms with Crippen LogP contribution in [0.4, 0.5) is 11.4 Å². The lowest BCUT2D eigenvalue weighted by atomic mass is 10.1. The van der Waals surface area contributed by atoms with Crippen LogP contribution >= 0.6 is 0 Å². The fourth-order valence-electron chi connectivity index (χ4n) is 1.58. The predicted molar refractivity (Wildman–Crippen MR) is 70.7 cm³/mol. The fraction of sp³-hybridized carbons (Fsp3) is 0.0833. The second-order valence-corrected chi connectivity index (χ2v) is 4.13. The molecule has 0 unspecified atom stereocenters. The van der Waals surface area contributed by atoms with Gasteiger partial charge in [0, 0.05) is 0 Å². The number of hydrogen-bond donors (Lipinski definition) is 4. The highest BCUT2D eigenvalue weighted by molar-refractivity contribution is 5.95. The minimum absolute atomic E-state index is 0.0206. The molecule has 1 aromatic heterocycles. The second-order valence-electron chi connectivity index (χ2n) is 4.13. The topological polar surface area (TPSA) is 148 Å². The Kier molecular flexibility index (Phi) is 3.65. The lowest BCUT2D eigenvalue weighted by Gasteiger charge is -2.00. The maximum absolute atomic E-state index is 11.4. The summed E-state index contributed by atoms with van der Waals surface area (Å²) in [5, 5.41) is 30.1. The summed E-state index contributed by atoms with van der Waals surface area (Å²) in [6.07, 6.45) is 0. The van der Waals surface area contributed by atoms with Crippen LogP contribution in [0.2, 0.25) is 0 Å². The minimum atomic E-state index is -1.29. The third-order valence-corrected chi connectivity index (χ3v) is 2.61. The molecule has 0 amide bonds. The van der Waals surface area contributed by atoms with Gasteiger partial charge in [-0.15, -0.1) is 5.11 Å². The number of azo groups is 1. The molecule has 0 fully saturated rings. The van der Waals surface area contributed by atoms with E-state index in [1.165, 1.54) is 0 Å². The van der Waals surface area contributed by atoms with Gasteiger partial charge in [-0.05, 0) is 25.1 Å². The number of hydrogen-bond acceptors (Lipinski definition) is 5. The van der Waals surface area contributed by atoms with Gasteiger partial charge >= 0.3 is 11.9 Å². The van der Waals surface area contributed by atoms with Gasteiger partial charge in [-0.25, -0.2) is 9.59 Å². The summed E-state index contributed by atoms with van der Waals surface area (Å²) in [4.78, 5) is 33.3. The van der Waals surface area contributed by atoms with E-state index in [4.69, 9.17) is 10.2 Å². The second kappa shape index (κ2) is 5.41. The highest BCUT2D eigenvalue weighted by Gasteiger charge is 2.11. The van der Waals surface area contributed by atoms with Gasteiger partial charge in [0.1, 0.15) is 0 Å². The Bertz CT molecular complexity index is 770. The lowest BCUT2D eigenvalue weighted by molar-refractivity contribution is 0.0696. The number of benzene rings is 1. The molecular formula is C12H10N4O5. The highest BCUT2D eigenvalue weighted by Crippen LogP contribution is 2.21. The number of aromatic amines is 2. The van der Waals surface area contributed by atoms with Crippen molar-refractivity contribution < 1.29 is 19.8 Å². The molecule has 4 N–H and O–H groups in total. The van der Waals surface area contributed by atoms with Gasteiger partial charge in [-0.2, -0.15) is 5.11 Å². The number of aromatic carboxylic acids is 2. The average molecular weight is 290 g/mol. The molecule has 2 aromatic rings. The van der Waals surface area contributed by atoms with Crippen LogP contribution in [-0.2, 0) is 0 Å². The number of aromatic nitrogens is 2. The first kappa shape index (κ1) is 14.2. The molecule has 0 spiro atoms. The standard InChI is InChI=1S/C12H10N4O5/c1-5-9(10(17)16-13-5)15-14-8-3-6(11(18)19)2-7(4-8)12(20)21/h2-4H,1H3,(H,18,19)(H,20,21)(H2,13,16,17). The number of nitrogens with zero attached hydrogens (tertiary/aromatic N) is 2. The Morgan fingerprint density at radius 2 is 1.57 bits per heavy atom. The molecule has 1 heterocycles.